The minimum atomic E-state index is -0.947. The molecule has 1 N–H and O–H groups in total. The largest absolute Gasteiger partial charge is 0.494 e. The van der Waals surface area contributed by atoms with E-state index in [2.05, 4.69) is 10.4 Å². The van der Waals surface area contributed by atoms with E-state index in [1.807, 2.05) is 25.1 Å². The highest BCUT2D eigenvalue weighted by Crippen LogP contribution is 2.31. The third-order valence-corrected chi connectivity index (χ3v) is 4.88. The lowest BCUT2D eigenvalue weighted by Gasteiger charge is -2.27. The van der Waals surface area contributed by atoms with Gasteiger partial charge in [-0.05, 0) is 50.5 Å². The minimum Gasteiger partial charge on any atom is -0.494 e. The van der Waals surface area contributed by atoms with Gasteiger partial charge in [0.2, 0.25) is 0 Å². The highest BCUT2D eigenvalue weighted by molar-refractivity contribution is 5.96. The topological polar surface area (TPSA) is 82.5 Å². The zero-order valence-corrected chi connectivity index (χ0v) is 15.9. The normalized spacial score (nSPS) is 15.4. The Kier molecular flexibility index (Phi) is 5.48. The lowest BCUT2D eigenvalue weighted by molar-refractivity contribution is -0.150. The molecule has 1 fully saturated rings. The third-order valence-electron chi connectivity index (χ3n) is 4.88. The molecule has 0 radical (unpaired) electrons. The van der Waals surface area contributed by atoms with Crippen molar-refractivity contribution in [2.24, 2.45) is 0 Å². The average molecular weight is 371 g/mol. The Hall–Kier alpha value is -2.83. The van der Waals surface area contributed by atoms with E-state index in [4.69, 9.17) is 9.47 Å². The smallest absolute Gasteiger partial charge is 0.331 e. The van der Waals surface area contributed by atoms with Crippen LogP contribution in [-0.2, 0) is 9.53 Å². The number of rotatable bonds is 6. The maximum atomic E-state index is 12.8. The molecule has 1 aliphatic carbocycles. The Morgan fingerprint density at radius 2 is 2.00 bits per heavy atom. The van der Waals surface area contributed by atoms with E-state index in [1.165, 1.54) is 0 Å². The van der Waals surface area contributed by atoms with Gasteiger partial charge in [0.25, 0.3) is 5.91 Å². The van der Waals surface area contributed by atoms with Gasteiger partial charge in [0.05, 0.1) is 13.7 Å². The summed E-state index contributed by atoms with van der Waals surface area (Å²) in [6.45, 7) is 4.03. The molecule has 3 rings (SSSR count). The first-order chi connectivity index (χ1) is 13.0. The molecule has 1 amide bonds. The Morgan fingerprint density at radius 3 is 2.67 bits per heavy atom. The van der Waals surface area contributed by atoms with Crippen LogP contribution in [0.1, 0.15) is 48.7 Å². The second-order valence-electron chi connectivity index (χ2n) is 6.78. The number of hydrogen-bond donors (Lipinski definition) is 1. The summed E-state index contributed by atoms with van der Waals surface area (Å²) in [5.74, 6) is -0.0830. The van der Waals surface area contributed by atoms with Gasteiger partial charge in [-0.2, -0.15) is 5.10 Å². The number of carbonyl (C=O) groups is 2. The molecule has 1 aromatic carbocycles. The SMILES string of the molecule is CCOC(=O)C1(NC(=O)c2ccn(-c3cc(C)ccc3OC)n2)CCCC1. The van der Waals surface area contributed by atoms with Crippen LogP contribution in [0.2, 0.25) is 0 Å². The first kappa shape index (κ1) is 18.9. The Balaban J connectivity index is 1.83. The molecule has 1 aromatic heterocycles. The van der Waals surface area contributed by atoms with Gasteiger partial charge in [-0.1, -0.05) is 18.9 Å². The van der Waals surface area contributed by atoms with Crippen LogP contribution in [0.4, 0.5) is 0 Å². The molecule has 0 spiro atoms. The third kappa shape index (κ3) is 3.82. The summed E-state index contributed by atoms with van der Waals surface area (Å²) in [5.41, 5.74) is 1.10. The Labute approximate surface area is 158 Å². The first-order valence-electron chi connectivity index (χ1n) is 9.19. The number of nitrogens with one attached hydrogen (secondary N) is 1. The number of carbonyl (C=O) groups excluding carboxylic acids is 2. The number of methoxy groups -OCH3 is 1. The van der Waals surface area contributed by atoms with Crippen molar-refractivity contribution >= 4 is 11.9 Å². The van der Waals surface area contributed by atoms with Crippen molar-refractivity contribution in [3.05, 3.63) is 41.7 Å². The number of aromatic nitrogens is 2. The van der Waals surface area contributed by atoms with Crippen molar-refractivity contribution in [1.82, 2.24) is 15.1 Å². The van der Waals surface area contributed by atoms with Gasteiger partial charge in [-0.25, -0.2) is 9.48 Å². The highest BCUT2D eigenvalue weighted by Gasteiger charge is 2.44. The van der Waals surface area contributed by atoms with Crippen LogP contribution in [0.5, 0.6) is 5.75 Å². The van der Waals surface area contributed by atoms with Crippen molar-refractivity contribution in [2.75, 3.05) is 13.7 Å². The van der Waals surface area contributed by atoms with Gasteiger partial charge in [-0.3, -0.25) is 4.79 Å². The van der Waals surface area contributed by atoms with Crippen molar-refractivity contribution in [2.45, 2.75) is 45.1 Å². The summed E-state index contributed by atoms with van der Waals surface area (Å²) in [7, 11) is 1.59. The number of nitrogens with zero attached hydrogens (tertiary/aromatic N) is 2. The number of benzene rings is 1. The molecule has 7 heteroatoms. The Bertz CT molecular complexity index is 838. The molecule has 0 unspecified atom stereocenters. The molecule has 0 atom stereocenters. The summed E-state index contributed by atoms with van der Waals surface area (Å²) in [6.07, 6.45) is 4.65. The summed E-state index contributed by atoms with van der Waals surface area (Å²) >= 11 is 0. The zero-order chi connectivity index (χ0) is 19.4. The van der Waals surface area contributed by atoms with Gasteiger partial charge in [-0.15, -0.1) is 0 Å². The highest BCUT2D eigenvalue weighted by atomic mass is 16.5. The molecule has 7 nitrogen and oxygen atoms in total. The predicted molar refractivity (Wildman–Crippen MR) is 100 cm³/mol. The second kappa shape index (κ2) is 7.82. The number of ether oxygens (including phenoxy) is 2. The van der Waals surface area contributed by atoms with Crippen molar-refractivity contribution in [1.29, 1.82) is 0 Å². The van der Waals surface area contributed by atoms with E-state index in [1.54, 1.807) is 31.0 Å². The standard InChI is InChI=1S/C20H25N3O4/c1-4-27-19(25)20(10-5-6-11-20)21-18(24)15-9-12-23(22-15)16-13-14(2)7-8-17(16)26-3/h7-9,12-13H,4-6,10-11H2,1-3H3,(H,21,24). The molecule has 0 bridgehead atoms. The molecule has 1 saturated carbocycles. The van der Waals surface area contributed by atoms with E-state index in [-0.39, 0.29) is 24.2 Å². The minimum absolute atomic E-state index is 0.245. The molecular weight excluding hydrogens is 346 g/mol. The van der Waals surface area contributed by atoms with Crippen LogP contribution in [0.25, 0.3) is 5.69 Å². The van der Waals surface area contributed by atoms with Crippen LogP contribution in [-0.4, -0.2) is 40.9 Å². The van der Waals surface area contributed by atoms with Crippen LogP contribution >= 0.6 is 0 Å². The summed E-state index contributed by atoms with van der Waals surface area (Å²) in [4.78, 5) is 25.2. The number of hydrogen-bond acceptors (Lipinski definition) is 5. The van der Waals surface area contributed by atoms with Crippen LogP contribution in [0, 0.1) is 6.92 Å². The quantitative estimate of drug-likeness (QED) is 0.790. The van der Waals surface area contributed by atoms with Crippen LogP contribution < -0.4 is 10.1 Å². The van der Waals surface area contributed by atoms with E-state index in [0.29, 0.717) is 18.6 Å². The molecule has 1 heterocycles. The maximum Gasteiger partial charge on any atom is 0.331 e. The van der Waals surface area contributed by atoms with Gasteiger partial charge >= 0.3 is 5.97 Å². The molecule has 0 saturated heterocycles. The predicted octanol–water partition coefficient (Wildman–Crippen LogP) is 2.80. The molecule has 144 valence electrons. The number of aryl methyl sites for hydroxylation is 1. The van der Waals surface area contributed by atoms with Crippen molar-refractivity contribution < 1.29 is 19.1 Å². The van der Waals surface area contributed by atoms with Crippen molar-refractivity contribution in [3.63, 3.8) is 0 Å². The molecule has 27 heavy (non-hydrogen) atoms. The van der Waals surface area contributed by atoms with E-state index in [0.717, 1.165) is 24.1 Å². The van der Waals surface area contributed by atoms with Gasteiger partial charge in [0.1, 0.15) is 17.0 Å². The van der Waals surface area contributed by atoms with E-state index >= 15 is 0 Å². The summed E-state index contributed by atoms with van der Waals surface area (Å²) in [5, 5.41) is 7.26. The second-order valence-corrected chi connectivity index (χ2v) is 6.78. The fourth-order valence-electron chi connectivity index (χ4n) is 3.47. The molecule has 1 aliphatic rings. The Morgan fingerprint density at radius 1 is 1.26 bits per heavy atom. The molecular formula is C20H25N3O4. The maximum absolute atomic E-state index is 12.8. The fourth-order valence-corrected chi connectivity index (χ4v) is 3.47. The van der Waals surface area contributed by atoms with E-state index < -0.39 is 5.54 Å². The van der Waals surface area contributed by atoms with E-state index in [9.17, 15) is 9.59 Å². The van der Waals surface area contributed by atoms with Crippen LogP contribution in [0.3, 0.4) is 0 Å². The summed E-state index contributed by atoms with van der Waals surface area (Å²) < 4.78 is 12.2. The van der Waals surface area contributed by atoms with Gasteiger partial charge in [0, 0.05) is 6.20 Å². The lowest BCUT2D eigenvalue weighted by Crippen LogP contribution is -2.53. The number of amides is 1. The summed E-state index contributed by atoms with van der Waals surface area (Å²) in [6, 6.07) is 7.37. The van der Waals surface area contributed by atoms with Gasteiger partial charge in [0.15, 0.2) is 5.69 Å². The first-order valence-corrected chi connectivity index (χ1v) is 9.19. The number of esters is 1. The van der Waals surface area contributed by atoms with Gasteiger partial charge < -0.3 is 14.8 Å². The molecule has 0 aliphatic heterocycles. The zero-order valence-electron chi connectivity index (χ0n) is 15.9. The molecule has 2 aromatic rings. The monoisotopic (exact) mass is 371 g/mol. The van der Waals surface area contributed by atoms with Crippen molar-refractivity contribution in [3.8, 4) is 11.4 Å². The fraction of sp³-hybridized carbons (Fsp3) is 0.450. The average Bonchev–Trinajstić information content (AvgIpc) is 3.32. The van der Waals surface area contributed by atoms with Crippen LogP contribution in [0.15, 0.2) is 30.5 Å². The lowest BCUT2D eigenvalue weighted by atomic mass is 9.97.